The van der Waals surface area contributed by atoms with E-state index in [2.05, 4.69) is 5.32 Å². The average molecular weight is 278 g/mol. The molecule has 1 unspecified atom stereocenters. The Morgan fingerprint density at radius 3 is 2.70 bits per heavy atom. The maximum atomic E-state index is 12.1. The Morgan fingerprint density at radius 2 is 2.10 bits per heavy atom. The molecule has 0 saturated carbocycles. The molecule has 0 spiro atoms. The molecule has 0 radical (unpaired) electrons. The first-order chi connectivity index (χ1) is 9.49. The van der Waals surface area contributed by atoms with Crippen LogP contribution in [-0.4, -0.2) is 39.7 Å². The van der Waals surface area contributed by atoms with Gasteiger partial charge in [0.2, 0.25) is 0 Å². The maximum absolute atomic E-state index is 12.1. The number of phenols is 1. The van der Waals surface area contributed by atoms with E-state index in [1.165, 1.54) is 12.1 Å². The number of anilines is 1. The SMILES string of the molecule is CC1CCCCN1C(=O)Nc1ccc(C(=O)O)cc1O. The molecule has 1 aliphatic rings. The minimum absolute atomic E-state index is 0.0214. The Kier molecular flexibility index (Phi) is 4.12. The second-order valence-electron chi connectivity index (χ2n) is 5.01. The van der Waals surface area contributed by atoms with Crippen molar-refractivity contribution in [3.05, 3.63) is 23.8 Å². The molecule has 1 fully saturated rings. The van der Waals surface area contributed by atoms with Gasteiger partial charge in [-0.2, -0.15) is 0 Å². The zero-order valence-corrected chi connectivity index (χ0v) is 11.3. The third kappa shape index (κ3) is 3.01. The number of phenolic OH excluding ortho intramolecular Hbond substituents is 1. The fourth-order valence-corrected chi connectivity index (χ4v) is 2.36. The third-order valence-corrected chi connectivity index (χ3v) is 3.55. The summed E-state index contributed by atoms with van der Waals surface area (Å²) in [4.78, 5) is 24.6. The van der Waals surface area contributed by atoms with Crippen LogP contribution in [0.4, 0.5) is 10.5 Å². The van der Waals surface area contributed by atoms with E-state index in [1.807, 2.05) is 6.92 Å². The second kappa shape index (κ2) is 5.81. The van der Waals surface area contributed by atoms with Gasteiger partial charge in [0.05, 0.1) is 11.3 Å². The first-order valence-electron chi connectivity index (χ1n) is 6.63. The quantitative estimate of drug-likeness (QED) is 0.725. The van der Waals surface area contributed by atoms with Crippen molar-refractivity contribution in [1.29, 1.82) is 0 Å². The predicted molar refractivity (Wildman–Crippen MR) is 74.1 cm³/mol. The molecule has 1 heterocycles. The number of likely N-dealkylation sites (tertiary alicyclic amines) is 1. The summed E-state index contributed by atoms with van der Waals surface area (Å²) in [6, 6.07) is 3.76. The average Bonchev–Trinajstić information content (AvgIpc) is 2.41. The van der Waals surface area contributed by atoms with Crippen LogP contribution < -0.4 is 5.32 Å². The highest BCUT2D eigenvalue weighted by atomic mass is 16.4. The number of aromatic carboxylic acids is 1. The molecule has 0 aliphatic carbocycles. The van der Waals surface area contributed by atoms with Crippen molar-refractivity contribution < 1.29 is 19.8 Å². The third-order valence-electron chi connectivity index (χ3n) is 3.55. The highest BCUT2D eigenvalue weighted by Crippen LogP contribution is 2.25. The Morgan fingerprint density at radius 1 is 1.35 bits per heavy atom. The number of carboxylic acid groups (broad SMARTS) is 1. The summed E-state index contributed by atoms with van der Waals surface area (Å²) < 4.78 is 0. The van der Waals surface area contributed by atoms with Crippen molar-refractivity contribution in [2.45, 2.75) is 32.2 Å². The molecule has 1 aromatic rings. The standard InChI is InChI=1S/C14H18N2O4/c1-9-4-2-3-7-16(9)14(20)15-11-6-5-10(13(18)19)8-12(11)17/h5-6,8-9,17H,2-4,7H2,1H3,(H,15,20)(H,18,19). The number of carbonyl (C=O) groups is 2. The molecule has 0 bridgehead atoms. The van der Waals surface area contributed by atoms with E-state index >= 15 is 0 Å². The van der Waals surface area contributed by atoms with E-state index in [9.17, 15) is 14.7 Å². The van der Waals surface area contributed by atoms with E-state index < -0.39 is 5.97 Å². The molecule has 0 aromatic heterocycles. The van der Waals surface area contributed by atoms with Crippen molar-refractivity contribution in [2.75, 3.05) is 11.9 Å². The number of nitrogens with zero attached hydrogens (tertiary/aromatic N) is 1. The number of carboxylic acids is 1. The summed E-state index contributed by atoms with van der Waals surface area (Å²) in [6.07, 6.45) is 3.06. The molecule has 1 saturated heterocycles. The highest BCUT2D eigenvalue weighted by Gasteiger charge is 2.23. The largest absolute Gasteiger partial charge is 0.506 e. The lowest BCUT2D eigenvalue weighted by Crippen LogP contribution is -2.44. The number of nitrogens with one attached hydrogen (secondary N) is 1. The monoisotopic (exact) mass is 278 g/mol. The first-order valence-corrected chi connectivity index (χ1v) is 6.63. The summed E-state index contributed by atoms with van der Waals surface area (Å²) in [7, 11) is 0. The summed E-state index contributed by atoms with van der Waals surface area (Å²) in [5, 5.41) is 21.2. The fraction of sp³-hybridized carbons (Fsp3) is 0.429. The first kappa shape index (κ1) is 14.2. The summed E-state index contributed by atoms with van der Waals surface area (Å²) >= 11 is 0. The number of carbonyl (C=O) groups excluding carboxylic acids is 1. The molecule has 3 N–H and O–H groups in total. The smallest absolute Gasteiger partial charge is 0.335 e. The van der Waals surface area contributed by atoms with Gasteiger partial charge in [-0.25, -0.2) is 9.59 Å². The van der Waals surface area contributed by atoms with Gasteiger partial charge in [0.1, 0.15) is 5.75 Å². The number of aromatic hydroxyl groups is 1. The molecule has 2 rings (SSSR count). The Hall–Kier alpha value is -2.24. The number of hydrogen-bond acceptors (Lipinski definition) is 3. The predicted octanol–water partition coefficient (Wildman–Crippen LogP) is 2.50. The number of hydrogen-bond donors (Lipinski definition) is 3. The van der Waals surface area contributed by atoms with Crippen LogP contribution in [0.15, 0.2) is 18.2 Å². The molecule has 1 aliphatic heterocycles. The van der Waals surface area contributed by atoms with Crippen molar-refractivity contribution in [3.8, 4) is 5.75 Å². The fourth-order valence-electron chi connectivity index (χ4n) is 2.36. The number of rotatable bonds is 2. The van der Waals surface area contributed by atoms with E-state index in [0.717, 1.165) is 25.3 Å². The van der Waals surface area contributed by atoms with Crippen LogP contribution in [0.2, 0.25) is 0 Å². The van der Waals surface area contributed by atoms with Gasteiger partial charge < -0.3 is 20.4 Å². The van der Waals surface area contributed by atoms with E-state index in [4.69, 9.17) is 5.11 Å². The van der Waals surface area contributed by atoms with Gasteiger partial charge in [-0.3, -0.25) is 0 Å². The molecular formula is C14H18N2O4. The zero-order chi connectivity index (χ0) is 14.7. The Balaban J connectivity index is 2.09. The van der Waals surface area contributed by atoms with Crippen molar-refractivity contribution in [3.63, 3.8) is 0 Å². The van der Waals surface area contributed by atoms with Gasteiger partial charge in [0.25, 0.3) is 0 Å². The number of amides is 2. The van der Waals surface area contributed by atoms with E-state index in [-0.39, 0.29) is 29.1 Å². The highest BCUT2D eigenvalue weighted by molar-refractivity contribution is 5.93. The normalized spacial score (nSPS) is 18.6. The molecule has 6 nitrogen and oxygen atoms in total. The molecule has 2 amide bonds. The minimum atomic E-state index is -1.12. The number of benzene rings is 1. The van der Waals surface area contributed by atoms with Crippen LogP contribution in [0.3, 0.4) is 0 Å². The van der Waals surface area contributed by atoms with Crippen LogP contribution >= 0.6 is 0 Å². The summed E-state index contributed by atoms with van der Waals surface area (Å²) in [6.45, 7) is 2.69. The molecule has 108 valence electrons. The number of urea groups is 1. The van der Waals surface area contributed by atoms with Crippen LogP contribution in [0.5, 0.6) is 5.75 Å². The molecule has 1 atom stereocenters. The van der Waals surface area contributed by atoms with Gasteiger partial charge in [-0.05, 0) is 44.4 Å². The Labute approximate surface area is 117 Å². The molecule has 6 heteroatoms. The second-order valence-corrected chi connectivity index (χ2v) is 5.01. The Bertz CT molecular complexity index is 530. The van der Waals surface area contributed by atoms with Gasteiger partial charge in [0.15, 0.2) is 0 Å². The van der Waals surface area contributed by atoms with Gasteiger partial charge in [0, 0.05) is 12.6 Å². The lowest BCUT2D eigenvalue weighted by Gasteiger charge is -2.33. The van der Waals surface area contributed by atoms with E-state index in [1.54, 1.807) is 4.90 Å². The van der Waals surface area contributed by atoms with Crippen LogP contribution in [0.25, 0.3) is 0 Å². The topological polar surface area (TPSA) is 89.9 Å². The minimum Gasteiger partial charge on any atom is -0.506 e. The molecular weight excluding hydrogens is 260 g/mol. The number of piperidine rings is 1. The maximum Gasteiger partial charge on any atom is 0.335 e. The van der Waals surface area contributed by atoms with Gasteiger partial charge in [-0.15, -0.1) is 0 Å². The van der Waals surface area contributed by atoms with Gasteiger partial charge >= 0.3 is 12.0 Å². The zero-order valence-electron chi connectivity index (χ0n) is 11.3. The van der Waals surface area contributed by atoms with Crippen LogP contribution in [-0.2, 0) is 0 Å². The van der Waals surface area contributed by atoms with Crippen LogP contribution in [0, 0.1) is 0 Å². The van der Waals surface area contributed by atoms with E-state index in [0.29, 0.717) is 6.54 Å². The lowest BCUT2D eigenvalue weighted by atomic mass is 10.0. The lowest BCUT2D eigenvalue weighted by molar-refractivity contribution is 0.0696. The van der Waals surface area contributed by atoms with Crippen molar-refractivity contribution in [1.82, 2.24) is 4.90 Å². The van der Waals surface area contributed by atoms with Crippen molar-refractivity contribution >= 4 is 17.7 Å². The van der Waals surface area contributed by atoms with Gasteiger partial charge in [-0.1, -0.05) is 0 Å². The summed E-state index contributed by atoms with van der Waals surface area (Å²) in [5.41, 5.74) is 0.199. The molecule has 1 aromatic carbocycles. The van der Waals surface area contributed by atoms with Crippen LogP contribution in [0.1, 0.15) is 36.5 Å². The molecule has 20 heavy (non-hydrogen) atoms. The summed E-state index contributed by atoms with van der Waals surface area (Å²) in [5.74, 6) is -1.37. The van der Waals surface area contributed by atoms with Crippen molar-refractivity contribution in [2.24, 2.45) is 0 Å².